The lowest BCUT2D eigenvalue weighted by atomic mass is 10.1. The minimum Gasteiger partial charge on any atom is -0.314 e. The van der Waals surface area contributed by atoms with Gasteiger partial charge in [0.1, 0.15) is 0 Å². The summed E-state index contributed by atoms with van der Waals surface area (Å²) in [4.78, 5) is 0. The molecule has 0 radical (unpaired) electrons. The Kier molecular flexibility index (Phi) is 4.55. The molecular weight excluding hydrogens is 250 g/mol. The summed E-state index contributed by atoms with van der Waals surface area (Å²) in [7, 11) is 1.98. The van der Waals surface area contributed by atoms with Crippen LogP contribution in [-0.4, -0.2) is 13.1 Å². The quantitative estimate of drug-likeness (QED) is 0.880. The van der Waals surface area contributed by atoms with Gasteiger partial charge in [0.05, 0.1) is 0 Å². The first-order chi connectivity index (χ1) is 7.04. The number of hydrogen-bond acceptors (Lipinski definition) is 1. The summed E-state index contributed by atoms with van der Waals surface area (Å²) in [6, 6.07) is 6.85. The van der Waals surface area contributed by atoms with Crippen molar-refractivity contribution < 1.29 is 0 Å². The van der Waals surface area contributed by atoms with Crippen LogP contribution in [0.2, 0.25) is 0 Å². The topological polar surface area (TPSA) is 12.0 Å². The van der Waals surface area contributed by atoms with Crippen LogP contribution < -0.4 is 5.32 Å². The number of likely N-dealkylation sites (N-methyl/N-ethyl adjacent to an activating group) is 1. The molecule has 15 heavy (non-hydrogen) atoms. The number of hydrogen-bond donors (Lipinski definition) is 1. The van der Waals surface area contributed by atoms with E-state index in [2.05, 4.69) is 66.3 Å². The van der Waals surface area contributed by atoms with Gasteiger partial charge in [0.15, 0.2) is 0 Å². The summed E-state index contributed by atoms with van der Waals surface area (Å²) in [5.74, 6) is 0. The SMILES string of the molecule is CNC(C)/C(C)=C/c1ccc(C)c(Br)c1. The Bertz CT molecular complexity index is 369. The van der Waals surface area contributed by atoms with Crippen LogP contribution in [0.3, 0.4) is 0 Å². The van der Waals surface area contributed by atoms with Gasteiger partial charge in [0.2, 0.25) is 0 Å². The molecule has 1 nitrogen and oxygen atoms in total. The van der Waals surface area contributed by atoms with Gasteiger partial charge in [-0.15, -0.1) is 0 Å². The lowest BCUT2D eigenvalue weighted by Gasteiger charge is -2.10. The van der Waals surface area contributed by atoms with Gasteiger partial charge in [-0.2, -0.15) is 0 Å². The Morgan fingerprint density at radius 1 is 1.47 bits per heavy atom. The Morgan fingerprint density at radius 3 is 2.67 bits per heavy atom. The van der Waals surface area contributed by atoms with Gasteiger partial charge in [0.25, 0.3) is 0 Å². The molecule has 1 aromatic carbocycles. The summed E-state index contributed by atoms with van der Waals surface area (Å²) in [6.45, 7) is 6.41. The second-order valence-corrected chi connectivity index (χ2v) is 4.76. The van der Waals surface area contributed by atoms with Crippen molar-refractivity contribution in [2.75, 3.05) is 7.05 Å². The van der Waals surface area contributed by atoms with Gasteiger partial charge in [-0.1, -0.05) is 39.7 Å². The number of nitrogens with one attached hydrogen (secondary N) is 1. The molecule has 0 spiro atoms. The Hall–Kier alpha value is -0.600. The summed E-state index contributed by atoms with van der Waals surface area (Å²) in [6.07, 6.45) is 2.21. The van der Waals surface area contributed by atoms with E-state index in [1.54, 1.807) is 0 Å². The summed E-state index contributed by atoms with van der Waals surface area (Å²) in [5.41, 5.74) is 3.85. The zero-order chi connectivity index (χ0) is 11.4. The second kappa shape index (κ2) is 5.47. The molecule has 0 aliphatic heterocycles. The van der Waals surface area contributed by atoms with Crippen LogP contribution in [0.25, 0.3) is 6.08 Å². The van der Waals surface area contributed by atoms with Crippen molar-refractivity contribution in [3.63, 3.8) is 0 Å². The van der Waals surface area contributed by atoms with Crippen molar-refractivity contribution >= 4 is 22.0 Å². The van der Waals surface area contributed by atoms with Crippen molar-refractivity contribution in [3.8, 4) is 0 Å². The van der Waals surface area contributed by atoms with Crippen LogP contribution >= 0.6 is 15.9 Å². The largest absolute Gasteiger partial charge is 0.314 e. The monoisotopic (exact) mass is 267 g/mol. The third kappa shape index (κ3) is 3.47. The summed E-state index contributed by atoms with van der Waals surface area (Å²) in [5, 5.41) is 3.23. The van der Waals surface area contributed by atoms with Gasteiger partial charge in [0, 0.05) is 10.5 Å². The molecule has 0 saturated carbocycles. The molecule has 2 heteroatoms. The van der Waals surface area contributed by atoms with Gasteiger partial charge in [-0.05, 0) is 45.0 Å². The van der Waals surface area contributed by atoms with E-state index in [9.17, 15) is 0 Å². The second-order valence-electron chi connectivity index (χ2n) is 3.91. The van der Waals surface area contributed by atoms with Crippen molar-refractivity contribution in [2.24, 2.45) is 0 Å². The lowest BCUT2D eigenvalue weighted by molar-refractivity contribution is 0.696. The number of aryl methyl sites for hydroxylation is 1. The molecule has 0 aromatic heterocycles. The molecule has 0 bridgehead atoms. The van der Waals surface area contributed by atoms with Gasteiger partial charge >= 0.3 is 0 Å². The van der Waals surface area contributed by atoms with E-state index in [0.717, 1.165) is 0 Å². The smallest absolute Gasteiger partial charge is 0.0248 e. The van der Waals surface area contributed by atoms with Crippen molar-refractivity contribution in [1.82, 2.24) is 5.32 Å². The molecule has 0 saturated heterocycles. The molecule has 1 unspecified atom stereocenters. The Labute approximate surface area is 101 Å². The molecule has 0 aliphatic rings. The van der Waals surface area contributed by atoms with Crippen LogP contribution in [0.4, 0.5) is 0 Å². The molecule has 1 N–H and O–H groups in total. The fraction of sp³-hybridized carbons (Fsp3) is 0.385. The average molecular weight is 268 g/mol. The minimum atomic E-state index is 0.421. The van der Waals surface area contributed by atoms with Crippen molar-refractivity contribution in [1.29, 1.82) is 0 Å². The molecule has 0 aliphatic carbocycles. The molecule has 82 valence electrons. The zero-order valence-electron chi connectivity index (χ0n) is 9.76. The molecule has 0 heterocycles. The maximum absolute atomic E-state index is 3.55. The van der Waals surface area contributed by atoms with E-state index in [0.29, 0.717) is 6.04 Å². The molecular formula is C13H18BrN. The average Bonchev–Trinajstić information content (AvgIpc) is 2.22. The third-order valence-corrected chi connectivity index (χ3v) is 3.56. The Morgan fingerprint density at radius 2 is 2.13 bits per heavy atom. The molecule has 1 atom stereocenters. The highest BCUT2D eigenvalue weighted by molar-refractivity contribution is 9.10. The first-order valence-electron chi connectivity index (χ1n) is 5.16. The lowest BCUT2D eigenvalue weighted by Crippen LogP contribution is -2.21. The van der Waals surface area contributed by atoms with E-state index in [1.165, 1.54) is 21.2 Å². The minimum absolute atomic E-state index is 0.421. The fourth-order valence-electron chi connectivity index (χ4n) is 1.31. The van der Waals surface area contributed by atoms with E-state index < -0.39 is 0 Å². The molecule has 0 amide bonds. The van der Waals surface area contributed by atoms with E-state index in [4.69, 9.17) is 0 Å². The van der Waals surface area contributed by atoms with E-state index in [1.807, 2.05) is 7.05 Å². The van der Waals surface area contributed by atoms with Gasteiger partial charge in [-0.25, -0.2) is 0 Å². The summed E-state index contributed by atoms with van der Waals surface area (Å²) < 4.78 is 1.17. The van der Waals surface area contributed by atoms with Crippen LogP contribution in [-0.2, 0) is 0 Å². The van der Waals surface area contributed by atoms with Crippen LogP contribution in [0.1, 0.15) is 25.0 Å². The van der Waals surface area contributed by atoms with Crippen LogP contribution in [0, 0.1) is 6.92 Å². The highest BCUT2D eigenvalue weighted by Gasteiger charge is 2.01. The Balaban J connectivity index is 2.93. The van der Waals surface area contributed by atoms with E-state index >= 15 is 0 Å². The predicted octanol–water partition coefficient (Wildman–Crippen LogP) is 3.77. The maximum atomic E-state index is 3.55. The number of rotatable bonds is 3. The number of benzene rings is 1. The third-order valence-electron chi connectivity index (χ3n) is 2.71. The molecule has 0 fully saturated rings. The predicted molar refractivity (Wildman–Crippen MR) is 71.1 cm³/mol. The van der Waals surface area contributed by atoms with E-state index in [-0.39, 0.29) is 0 Å². The first-order valence-corrected chi connectivity index (χ1v) is 5.95. The van der Waals surface area contributed by atoms with Crippen molar-refractivity contribution in [2.45, 2.75) is 26.8 Å². The summed E-state index contributed by atoms with van der Waals surface area (Å²) >= 11 is 3.55. The fourth-order valence-corrected chi connectivity index (χ4v) is 1.71. The highest BCUT2D eigenvalue weighted by Crippen LogP contribution is 2.19. The normalized spacial score (nSPS) is 14.1. The van der Waals surface area contributed by atoms with Crippen LogP contribution in [0.5, 0.6) is 0 Å². The standard InChI is InChI=1S/C13H18BrN/c1-9-5-6-12(8-13(9)14)7-10(2)11(3)15-4/h5-8,11,15H,1-4H3/b10-7+. The van der Waals surface area contributed by atoms with Gasteiger partial charge < -0.3 is 5.32 Å². The molecule has 1 aromatic rings. The van der Waals surface area contributed by atoms with Gasteiger partial charge in [-0.3, -0.25) is 0 Å². The van der Waals surface area contributed by atoms with Crippen molar-refractivity contribution in [3.05, 3.63) is 39.4 Å². The number of halogens is 1. The molecule has 1 rings (SSSR count). The first kappa shape index (κ1) is 12.5. The van der Waals surface area contributed by atoms with Crippen LogP contribution in [0.15, 0.2) is 28.2 Å². The maximum Gasteiger partial charge on any atom is 0.0248 e. The zero-order valence-corrected chi connectivity index (χ0v) is 11.4. The highest BCUT2D eigenvalue weighted by atomic mass is 79.9.